The van der Waals surface area contributed by atoms with Gasteiger partial charge in [0.2, 0.25) is 11.8 Å². The molecule has 5 nitrogen and oxygen atoms in total. The molecule has 0 saturated heterocycles. The van der Waals surface area contributed by atoms with Crippen LogP contribution in [0.4, 0.5) is 5.95 Å². The molecule has 1 aromatic heterocycles. The lowest BCUT2D eigenvalue weighted by molar-refractivity contribution is 0.296. The highest BCUT2D eigenvalue weighted by atomic mass is 32.2. The Morgan fingerprint density at radius 1 is 1.47 bits per heavy atom. The van der Waals surface area contributed by atoms with E-state index in [0.29, 0.717) is 18.4 Å². The van der Waals surface area contributed by atoms with Crippen LogP contribution in [0.2, 0.25) is 0 Å². The van der Waals surface area contributed by atoms with Gasteiger partial charge in [-0.3, -0.25) is 0 Å². The maximum atomic E-state index is 8.62. The van der Waals surface area contributed by atoms with Gasteiger partial charge in [0.15, 0.2) is 0 Å². The van der Waals surface area contributed by atoms with Crippen LogP contribution in [0.15, 0.2) is 12.3 Å². The zero-order valence-electron chi connectivity index (χ0n) is 10.1. The Kier molecular flexibility index (Phi) is 7.49. The molecule has 0 aromatic carbocycles. The van der Waals surface area contributed by atoms with Gasteiger partial charge in [0, 0.05) is 31.2 Å². The molecular formula is C11H19N3O2S. The van der Waals surface area contributed by atoms with Crippen LogP contribution < -0.4 is 10.1 Å². The van der Waals surface area contributed by atoms with Crippen LogP contribution in [-0.4, -0.2) is 46.3 Å². The van der Waals surface area contributed by atoms with Crippen LogP contribution >= 0.6 is 11.8 Å². The Bertz CT molecular complexity index is 313. The molecule has 0 aliphatic heterocycles. The lowest BCUT2D eigenvalue weighted by Crippen LogP contribution is -2.08. The standard InChI is InChI=1S/C11H19N3O2S/c1-2-16-10-4-5-12-11(14-10)13-6-9-17-8-3-7-15/h4-5,15H,2-3,6-9H2,1H3,(H,12,13,14). The van der Waals surface area contributed by atoms with Gasteiger partial charge in [0.05, 0.1) is 6.61 Å². The van der Waals surface area contributed by atoms with Crippen molar-refractivity contribution >= 4 is 17.7 Å². The summed E-state index contributed by atoms with van der Waals surface area (Å²) in [5, 5.41) is 11.8. The van der Waals surface area contributed by atoms with Crippen molar-refractivity contribution in [1.82, 2.24) is 9.97 Å². The second-order valence-electron chi connectivity index (χ2n) is 3.27. The van der Waals surface area contributed by atoms with Crippen LogP contribution in [0.3, 0.4) is 0 Å². The lowest BCUT2D eigenvalue weighted by Gasteiger charge is -2.06. The molecule has 0 spiro atoms. The summed E-state index contributed by atoms with van der Waals surface area (Å²) in [5.41, 5.74) is 0. The minimum Gasteiger partial charge on any atom is -0.478 e. The number of aromatic nitrogens is 2. The van der Waals surface area contributed by atoms with Crippen molar-refractivity contribution < 1.29 is 9.84 Å². The van der Waals surface area contributed by atoms with Gasteiger partial charge < -0.3 is 15.2 Å². The molecule has 0 saturated carbocycles. The maximum Gasteiger partial charge on any atom is 0.225 e. The summed E-state index contributed by atoms with van der Waals surface area (Å²) in [5.74, 6) is 3.15. The summed E-state index contributed by atoms with van der Waals surface area (Å²) in [7, 11) is 0. The van der Waals surface area contributed by atoms with E-state index in [1.807, 2.05) is 6.92 Å². The van der Waals surface area contributed by atoms with Crippen molar-refractivity contribution in [3.8, 4) is 5.88 Å². The summed E-state index contributed by atoms with van der Waals surface area (Å²) in [6, 6.07) is 1.74. The van der Waals surface area contributed by atoms with Crippen molar-refractivity contribution in [1.29, 1.82) is 0 Å². The molecular weight excluding hydrogens is 238 g/mol. The number of thioether (sulfide) groups is 1. The third kappa shape index (κ3) is 6.33. The number of hydrogen-bond acceptors (Lipinski definition) is 6. The molecule has 0 aliphatic rings. The van der Waals surface area contributed by atoms with Crippen molar-refractivity contribution in [3.05, 3.63) is 12.3 Å². The van der Waals surface area contributed by atoms with Crippen molar-refractivity contribution in [2.24, 2.45) is 0 Å². The average Bonchev–Trinajstić information content (AvgIpc) is 2.35. The zero-order valence-corrected chi connectivity index (χ0v) is 10.9. The first-order valence-electron chi connectivity index (χ1n) is 5.75. The monoisotopic (exact) mass is 257 g/mol. The topological polar surface area (TPSA) is 67.3 Å². The highest BCUT2D eigenvalue weighted by Crippen LogP contribution is 2.08. The molecule has 1 rings (SSSR count). The van der Waals surface area contributed by atoms with Crippen molar-refractivity contribution in [3.63, 3.8) is 0 Å². The van der Waals surface area contributed by atoms with E-state index >= 15 is 0 Å². The number of nitrogens with one attached hydrogen (secondary N) is 1. The number of aliphatic hydroxyl groups excluding tert-OH is 1. The van der Waals surface area contributed by atoms with E-state index in [4.69, 9.17) is 9.84 Å². The second-order valence-corrected chi connectivity index (χ2v) is 4.49. The van der Waals surface area contributed by atoms with Gasteiger partial charge in [-0.2, -0.15) is 16.7 Å². The Morgan fingerprint density at radius 3 is 3.12 bits per heavy atom. The van der Waals surface area contributed by atoms with Crippen LogP contribution in [0.5, 0.6) is 5.88 Å². The van der Waals surface area contributed by atoms with Crippen LogP contribution in [0.25, 0.3) is 0 Å². The fraction of sp³-hybridized carbons (Fsp3) is 0.636. The van der Waals surface area contributed by atoms with Crippen LogP contribution in [-0.2, 0) is 0 Å². The molecule has 0 bridgehead atoms. The molecule has 96 valence electrons. The zero-order chi connectivity index (χ0) is 12.3. The van der Waals surface area contributed by atoms with Gasteiger partial charge >= 0.3 is 0 Å². The Morgan fingerprint density at radius 2 is 2.35 bits per heavy atom. The van der Waals surface area contributed by atoms with E-state index in [1.165, 1.54) is 0 Å². The second kappa shape index (κ2) is 9.07. The predicted octanol–water partition coefficient (Wildman–Crippen LogP) is 1.40. The van der Waals surface area contributed by atoms with Gasteiger partial charge in [-0.15, -0.1) is 0 Å². The van der Waals surface area contributed by atoms with E-state index in [1.54, 1.807) is 24.0 Å². The van der Waals surface area contributed by atoms with Gasteiger partial charge in [-0.1, -0.05) is 0 Å². The van der Waals surface area contributed by atoms with Gasteiger partial charge in [0.25, 0.3) is 0 Å². The lowest BCUT2D eigenvalue weighted by atomic mass is 10.5. The molecule has 17 heavy (non-hydrogen) atoms. The fourth-order valence-corrected chi connectivity index (χ4v) is 1.94. The number of aliphatic hydroxyl groups is 1. The van der Waals surface area contributed by atoms with Gasteiger partial charge in [0.1, 0.15) is 0 Å². The highest BCUT2D eigenvalue weighted by Gasteiger charge is 1.98. The number of hydrogen-bond donors (Lipinski definition) is 2. The summed E-state index contributed by atoms with van der Waals surface area (Å²) in [6.07, 6.45) is 2.53. The first-order chi connectivity index (χ1) is 8.36. The third-order valence-corrected chi connectivity index (χ3v) is 2.97. The SMILES string of the molecule is CCOc1ccnc(NCCSCCCO)n1. The Labute approximate surface area is 106 Å². The quantitative estimate of drug-likeness (QED) is 0.652. The number of rotatable bonds is 9. The molecule has 1 aromatic rings. The van der Waals surface area contributed by atoms with E-state index in [9.17, 15) is 0 Å². The molecule has 0 radical (unpaired) electrons. The van der Waals surface area contributed by atoms with Crippen LogP contribution in [0.1, 0.15) is 13.3 Å². The average molecular weight is 257 g/mol. The summed E-state index contributed by atoms with van der Waals surface area (Å²) < 4.78 is 5.28. The first kappa shape index (κ1) is 14.1. The Hall–Kier alpha value is -1.01. The maximum absolute atomic E-state index is 8.62. The molecule has 1 heterocycles. The molecule has 0 aliphatic carbocycles. The predicted molar refractivity (Wildman–Crippen MR) is 70.7 cm³/mol. The molecule has 0 atom stereocenters. The molecule has 6 heteroatoms. The Balaban J connectivity index is 2.19. The molecule has 0 amide bonds. The molecule has 0 fully saturated rings. The van der Waals surface area contributed by atoms with E-state index in [0.717, 1.165) is 24.5 Å². The number of anilines is 1. The smallest absolute Gasteiger partial charge is 0.225 e. The minimum atomic E-state index is 0.264. The number of ether oxygens (including phenoxy) is 1. The largest absolute Gasteiger partial charge is 0.478 e. The third-order valence-electron chi connectivity index (χ3n) is 1.90. The van der Waals surface area contributed by atoms with Crippen molar-refractivity contribution in [2.45, 2.75) is 13.3 Å². The van der Waals surface area contributed by atoms with E-state index < -0.39 is 0 Å². The summed E-state index contributed by atoms with van der Waals surface area (Å²) in [4.78, 5) is 8.31. The molecule has 0 unspecified atom stereocenters. The van der Waals surface area contributed by atoms with E-state index in [-0.39, 0.29) is 6.61 Å². The normalized spacial score (nSPS) is 10.2. The van der Waals surface area contributed by atoms with Crippen molar-refractivity contribution in [2.75, 3.05) is 36.6 Å². The van der Waals surface area contributed by atoms with E-state index in [2.05, 4.69) is 15.3 Å². The number of nitrogens with zero attached hydrogens (tertiary/aromatic N) is 2. The van der Waals surface area contributed by atoms with Gasteiger partial charge in [-0.05, 0) is 19.1 Å². The fourth-order valence-electron chi connectivity index (χ4n) is 1.16. The highest BCUT2D eigenvalue weighted by molar-refractivity contribution is 7.99. The first-order valence-corrected chi connectivity index (χ1v) is 6.90. The molecule has 2 N–H and O–H groups in total. The minimum absolute atomic E-state index is 0.264. The van der Waals surface area contributed by atoms with Crippen LogP contribution in [0, 0.1) is 0 Å². The van der Waals surface area contributed by atoms with Gasteiger partial charge in [-0.25, -0.2) is 4.98 Å². The summed E-state index contributed by atoms with van der Waals surface area (Å²) >= 11 is 1.80. The summed E-state index contributed by atoms with van der Waals surface area (Å²) in [6.45, 7) is 3.60.